The molecule has 5 nitrogen and oxygen atoms in total. The van der Waals surface area contributed by atoms with E-state index >= 15 is 0 Å². The van der Waals surface area contributed by atoms with Crippen molar-refractivity contribution in [1.82, 2.24) is 9.97 Å². The zero-order valence-electron chi connectivity index (χ0n) is 16.2. The summed E-state index contributed by atoms with van der Waals surface area (Å²) in [6.07, 6.45) is -11.2. The molecule has 32 heavy (non-hydrogen) atoms. The van der Waals surface area contributed by atoms with E-state index in [9.17, 15) is 31.4 Å². The number of aryl methyl sites for hydroxylation is 1. The fourth-order valence-corrected chi connectivity index (χ4v) is 3.79. The van der Waals surface area contributed by atoms with E-state index in [1.165, 1.54) is 18.2 Å². The maximum Gasteiger partial charge on any atom is 0.438 e. The molecular formula is C20H14F6N4OS. The molecule has 1 aromatic carbocycles. The highest BCUT2D eigenvalue weighted by atomic mass is 32.1. The average Bonchev–Trinajstić information content (AvgIpc) is 3.36. The second-order valence-electron chi connectivity index (χ2n) is 7.13. The number of rotatable bonds is 3. The van der Waals surface area contributed by atoms with Gasteiger partial charge < -0.3 is 5.11 Å². The smallest absolute Gasteiger partial charge is 0.362 e. The van der Waals surface area contributed by atoms with Crippen LogP contribution in [0, 0.1) is 6.92 Å². The molecule has 0 spiro atoms. The number of benzene rings is 1. The summed E-state index contributed by atoms with van der Waals surface area (Å²) < 4.78 is 82.1. The molecule has 0 unspecified atom stereocenters. The number of halogens is 6. The molecule has 0 aliphatic carbocycles. The number of hydrazone groups is 1. The van der Waals surface area contributed by atoms with E-state index in [0.717, 1.165) is 16.9 Å². The van der Waals surface area contributed by atoms with Gasteiger partial charge in [-0.15, -0.1) is 11.3 Å². The summed E-state index contributed by atoms with van der Waals surface area (Å²) in [7, 11) is 0. The molecular weight excluding hydrogens is 458 g/mol. The van der Waals surface area contributed by atoms with E-state index in [2.05, 4.69) is 15.1 Å². The van der Waals surface area contributed by atoms with Crippen LogP contribution in [0.25, 0.3) is 10.6 Å². The molecule has 0 saturated heterocycles. The molecule has 1 aliphatic heterocycles. The van der Waals surface area contributed by atoms with Crippen molar-refractivity contribution in [2.24, 2.45) is 5.10 Å². The molecule has 0 radical (unpaired) electrons. The lowest BCUT2D eigenvalue weighted by Crippen LogP contribution is -2.55. The summed E-state index contributed by atoms with van der Waals surface area (Å²) in [6, 6.07) is 9.98. The van der Waals surface area contributed by atoms with Gasteiger partial charge in [-0.3, -0.25) is 0 Å². The predicted octanol–water partition coefficient (Wildman–Crippen LogP) is 5.40. The van der Waals surface area contributed by atoms with Gasteiger partial charge in [-0.1, -0.05) is 35.9 Å². The van der Waals surface area contributed by atoms with Gasteiger partial charge in [-0.05, 0) is 30.0 Å². The molecule has 1 atom stereocenters. The van der Waals surface area contributed by atoms with Crippen molar-refractivity contribution >= 4 is 23.0 Å². The van der Waals surface area contributed by atoms with Crippen molar-refractivity contribution in [3.8, 4) is 10.6 Å². The minimum Gasteiger partial charge on any atom is -0.362 e. The Morgan fingerprint density at radius 3 is 2.28 bits per heavy atom. The molecule has 0 amide bonds. The normalized spacial score (nSPS) is 19.4. The zero-order valence-corrected chi connectivity index (χ0v) is 17.1. The maximum atomic E-state index is 13.9. The van der Waals surface area contributed by atoms with E-state index < -0.39 is 36.1 Å². The summed E-state index contributed by atoms with van der Waals surface area (Å²) in [5, 5.41) is 16.0. The van der Waals surface area contributed by atoms with Crippen molar-refractivity contribution < 1.29 is 31.4 Å². The van der Waals surface area contributed by atoms with Crippen LogP contribution in [0.2, 0.25) is 0 Å². The number of thiophene rings is 1. The third-order valence-electron chi connectivity index (χ3n) is 4.79. The number of hydrogen-bond acceptors (Lipinski definition) is 6. The highest BCUT2D eigenvalue weighted by Gasteiger charge is 2.63. The first kappa shape index (κ1) is 22.2. The number of alkyl halides is 6. The largest absolute Gasteiger partial charge is 0.438 e. The summed E-state index contributed by atoms with van der Waals surface area (Å²) in [6.45, 7) is 1.78. The first-order valence-corrected chi connectivity index (χ1v) is 10.0. The number of aliphatic hydroxyl groups is 1. The molecule has 0 saturated carbocycles. The Hall–Kier alpha value is -2.99. The van der Waals surface area contributed by atoms with Crippen LogP contribution in [0.1, 0.15) is 23.2 Å². The van der Waals surface area contributed by atoms with Crippen molar-refractivity contribution in [2.45, 2.75) is 31.4 Å². The van der Waals surface area contributed by atoms with Crippen LogP contribution >= 0.6 is 11.3 Å². The van der Waals surface area contributed by atoms with E-state index in [-0.39, 0.29) is 26.9 Å². The first-order valence-electron chi connectivity index (χ1n) is 9.12. The van der Waals surface area contributed by atoms with Gasteiger partial charge in [0.2, 0.25) is 5.95 Å². The minimum atomic E-state index is -5.26. The molecule has 12 heteroatoms. The Balaban J connectivity index is 1.89. The van der Waals surface area contributed by atoms with E-state index in [1.807, 2.05) is 0 Å². The van der Waals surface area contributed by atoms with Crippen LogP contribution < -0.4 is 5.01 Å². The van der Waals surface area contributed by atoms with E-state index in [0.29, 0.717) is 6.07 Å². The second kappa shape index (κ2) is 7.55. The Morgan fingerprint density at radius 2 is 1.72 bits per heavy atom. The first-order chi connectivity index (χ1) is 14.9. The van der Waals surface area contributed by atoms with Gasteiger partial charge >= 0.3 is 12.4 Å². The number of nitrogens with zero attached hydrogens (tertiary/aromatic N) is 4. The standard InChI is InChI=1S/C20H14F6N4OS/c1-11-4-6-12(7-5-11)14-10-18(31,20(24,25)26)30(29-14)17-27-13(15-3-2-8-32-15)9-16(28-17)19(21,22)23/h2-9,31H,10H2,1H3/t18-/m0/s1. The SMILES string of the molecule is Cc1ccc(C2=NN(c3nc(-c4cccs4)cc(C(F)(F)F)n3)[C@@](O)(C(F)(F)F)C2)cc1. The van der Waals surface area contributed by atoms with Gasteiger partial charge in [-0.25, -0.2) is 9.97 Å². The van der Waals surface area contributed by atoms with Crippen molar-refractivity contribution in [1.29, 1.82) is 0 Å². The Bertz CT molecular complexity index is 1160. The molecule has 0 bridgehead atoms. The molecule has 4 rings (SSSR count). The van der Waals surface area contributed by atoms with Crippen molar-refractivity contribution in [3.05, 3.63) is 64.7 Å². The van der Waals surface area contributed by atoms with Crippen LogP contribution in [0.3, 0.4) is 0 Å². The Labute approximate surface area is 181 Å². The number of hydrogen-bond donors (Lipinski definition) is 1. The monoisotopic (exact) mass is 472 g/mol. The number of anilines is 1. The average molecular weight is 472 g/mol. The summed E-state index contributed by atoms with van der Waals surface area (Å²) in [5.41, 5.74) is -4.34. The third-order valence-corrected chi connectivity index (χ3v) is 5.68. The molecule has 3 aromatic rings. The maximum absolute atomic E-state index is 13.9. The van der Waals surface area contributed by atoms with Crippen LogP contribution in [0.4, 0.5) is 32.3 Å². The zero-order chi connectivity index (χ0) is 23.3. The summed E-state index contributed by atoms with van der Waals surface area (Å²) >= 11 is 1.05. The fourth-order valence-electron chi connectivity index (χ4n) is 3.11. The molecule has 2 aromatic heterocycles. The third kappa shape index (κ3) is 3.95. The highest BCUT2D eigenvalue weighted by molar-refractivity contribution is 7.13. The van der Waals surface area contributed by atoms with Crippen molar-refractivity contribution in [3.63, 3.8) is 0 Å². The highest BCUT2D eigenvalue weighted by Crippen LogP contribution is 2.44. The quantitative estimate of drug-likeness (QED) is 0.519. The van der Waals surface area contributed by atoms with Gasteiger partial charge in [0.25, 0.3) is 5.72 Å². The molecule has 1 N–H and O–H groups in total. The van der Waals surface area contributed by atoms with E-state index in [4.69, 9.17) is 0 Å². The topological polar surface area (TPSA) is 61.6 Å². The molecule has 3 heterocycles. The van der Waals surface area contributed by atoms with Crippen LogP contribution in [0.5, 0.6) is 0 Å². The van der Waals surface area contributed by atoms with E-state index in [1.54, 1.807) is 30.5 Å². The van der Waals surface area contributed by atoms with Crippen LogP contribution in [-0.4, -0.2) is 32.7 Å². The lowest BCUT2D eigenvalue weighted by Gasteiger charge is -2.32. The predicted molar refractivity (Wildman–Crippen MR) is 106 cm³/mol. The summed E-state index contributed by atoms with van der Waals surface area (Å²) in [4.78, 5) is 7.44. The fraction of sp³-hybridized carbons (Fsp3) is 0.250. The second-order valence-corrected chi connectivity index (χ2v) is 8.08. The van der Waals surface area contributed by atoms with Gasteiger partial charge in [0.1, 0.15) is 0 Å². The molecule has 168 valence electrons. The summed E-state index contributed by atoms with van der Waals surface area (Å²) in [5.74, 6) is -1.01. The van der Waals surface area contributed by atoms with Gasteiger partial charge in [-0.2, -0.15) is 36.5 Å². The lowest BCUT2D eigenvalue weighted by molar-refractivity contribution is -0.254. The van der Waals surface area contributed by atoms with Gasteiger partial charge in [0, 0.05) is 0 Å². The molecule has 1 aliphatic rings. The molecule has 0 fully saturated rings. The minimum absolute atomic E-state index is 0.0224. The van der Waals surface area contributed by atoms with Gasteiger partial charge in [0.15, 0.2) is 5.69 Å². The van der Waals surface area contributed by atoms with Crippen molar-refractivity contribution in [2.75, 3.05) is 5.01 Å². The number of aromatic nitrogens is 2. The van der Waals surface area contributed by atoms with Crippen LogP contribution in [0.15, 0.2) is 52.9 Å². The van der Waals surface area contributed by atoms with Crippen LogP contribution in [-0.2, 0) is 6.18 Å². The Kier molecular flexibility index (Phi) is 5.24. The Morgan fingerprint density at radius 1 is 1.03 bits per heavy atom. The van der Waals surface area contributed by atoms with Gasteiger partial charge in [0.05, 0.1) is 22.7 Å². The lowest BCUT2D eigenvalue weighted by atomic mass is 10.0.